The topological polar surface area (TPSA) is 81.5 Å². The number of nitro benzene ring substituents is 1. The monoisotopic (exact) mass is 306 g/mol. The zero-order valence-electron chi connectivity index (χ0n) is 13.4. The first-order valence-corrected chi connectivity index (χ1v) is 7.07. The van der Waals surface area contributed by atoms with Crippen molar-refractivity contribution in [1.82, 2.24) is 5.32 Å². The third-order valence-corrected chi connectivity index (χ3v) is 2.75. The van der Waals surface area contributed by atoms with E-state index in [4.69, 9.17) is 4.74 Å². The van der Waals surface area contributed by atoms with Gasteiger partial charge in [0.2, 0.25) is 0 Å². The van der Waals surface area contributed by atoms with Gasteiger partial charge in [-0.15, -0.1) is 0 Å². The van der Waals surface area contributed by atoms with Crippen LogP contribution in [-0.2, 0) is 4.74 Å². The summed E-state index contributed by atoms with van der Waals surface area (Å²) in [5, 5.41) is 13.4. The van der Waals surface area contributed by atoms with E-state index in [2.05, 4.69) is 5.32 Å². The number of nitro groups is 1. The van der Waals surface area contributed by atoms with E-state index in [1.807, 2.05) is 19.1 Å². The van der Waals surface area contributed by atoms with Crippen LogP contribution in [0.4, 0.5) is 10.5 Å². The van der Waals surface area contributed by atoms with Gasteiger partial charge in [-0.1, -0.05) is 18.2 Å². The Morgan fingerprint density at radius 3 is 2.68 bits per heavy atom. The third kappa shape index (κ3) is 6.39. The first kappa shape index (κ1) is 17.7. The maximum atomic E-state index is 11.4. The molecule has 0 aliphatic carbocycles. The number of nitrogens with one attached hydrogen (secondary N) is 1. The van der Waals surface area contributed by atoms with Gasteiger partial charge in [-0.05, 0) is 45.2 Å². The van der Waals surface area contributed by atoms with E-state index >= 15 is 0 Å². The van der Waals surface area contributed by atoms with Crippen LogP contribution in [0.25, 0.3) is 6.08 Å². The van der Waals surface area contributed by atoms with Gasteiger partial charge in [0.05, 0.1) is 4.92 Å². The van der Waals surface area contributed by atoms with Crippen molar-refractivity contribution in [2.45, 2.75) is 39.7 Å². The van der Waals surface area contributed by atoms with Gasteiger partial charge in [0, 0.05) is 18.7 Å². The molecule has 120 valence electrons. The average Bonchev–Trinajstić information content (AvgIpc) is 2.37. The van der Waals surface area contributed by atoms with Crippen LogP contribution < -0.4 is 5.32 Å². The lowest BCUT2D eigenvalue weighted by atomic mass is 10.1. The quantitative estimate of drug-likeness (QED) is 0.509. The molecule has 6 heteroatoms. The lowest BCUT2D eigenvalue weighted by molar-refractivity contribution is -0.384. The number of carbonyl (C=O) groups excluding carboxylic acids is 1. The van der Waals surface area contributed by atoms with Crippen molar-refractivity contribution < 1.29 is 14.5 Å². The van der Waals surface area contributed by atoms with Gasteiger partial charge in [0.25, 0.3) is 5.69 Å². The number of aryl methyl sites for hydroxylation is 1. The molecule has 22 heavy (non-hydrogen) atoms. The Balaban J connectivity index is 2.48. The highest BCUT2D eigenvalue weighted by Gasteiger charge is 2.15. The molecule has 0 unspecified atom stereocenters. The van der Waals surface area contributed by atoms with E-state index in [9.17, 15) is 14.9 Å². The maximum absolute atomic E-state index is 11.4. The molecule has 0 saturated heterocycles. The van der Waals surface area contributed by atoms with Crippen LogP contribution in [0.5, 0.6) is 0 Å². The van der Waals surface area contributed by atoms with Crippen molar-refractivity contribution in [2.24, 2.45) is 0 Å². The Morgan fingerprint density at radius 2 is 2.09 bits per heavy atom. The highest BCUT2D eigenvalue weighted by atomic mass is 16.6. The van der Waals surface area contributed by atoms with Crippen molar-refractivity contribution >= 4 is 17.9 Å². The maximum Gasteiger partial charge on any atom is 0.407 e. The van der Waals surface area contributed by atoms with E-state index in [0.29, 0.717) is 13.0 Å². The lowest BCUT2D eigenvalue weighted by Gasteiger charge is -2.19. The van der Waals surface area contributed by atoms with Crippen molar-refractivity contribution in [3.8, 4) is 0 Å². The highest BCUT2D eigenvalue weighted by molar-refractivity contribution is 5.67. The number of non-ortho nitro benzene ring substituents is 1. The van der Waals surface area contributed by atoms with Crippen LogP contribution in [0.1, 0.15) is 38.3 Å². The Kier molecular flexibility index (Phi) is 6.10. The Hall–Kier alpha value is -2.37. The standard InChI is InChI=1S/C16H22N2O4/c1-12-8-9-14(18(20)21)11-13(12)7-5-6-10-17-15(19)22-16(2,3)4/h5,7-9,11H,6,10H2,1-4H3,(H,17,19). The van der Waals surface area contributed by atoms with Gasteiger partial charge in [-0.25, -0.2) is 4.79 Å². The number of carbonyl (C=O) groups is 1. The largest absolute Gasteiger partial charge is 0.444 e. The summed E-state index contributed by atoms with van der Waals surface area (Å²) in [6.07, 6.45) is 3.84. The van der Waals surface area contributed by atoms with Crippen LogP contribution in [0.2, 0.25) is 0 Å². The molecule has 0 radical (unpaired) electrons. The predicted octanol–water partition coefficient (Wildman–Crippen LogP) is 3.83. The van der Waals surface area contributed by atoms with Gasteiger partial charge in [0.15, 0.2) is 0 Å². The number of hydrogen-bond donors (Lipinski definition) is 1. The van der Waals surface area contributed by atoms with E-state index < -0.39 is 16.6 Å². The van der Waals surface area contributed by atoms with Gasteiger partial charge < -0.3 is 10.1 Å². The SMILES string of the molecule is Cc1ccc([N+](=O)[O-])cc1C=CCCNC(=O)OC(C)(C)C. The summed E-state index contributed by atoms with van der Waals surface area (Å²) in [5.41, 5.74) is 1.31. The summed E-state index contributed by atoms with van der Waals surface area (Å²) in [6, 6.07) is 4.74. The summed E-state index contributed by atoms with van der Waals surface area (Å²) in [6.45, 7) is 7.74. The minimum atomic E-state index is -0.514. The zero-order chi connectivity index (χ0) is 16.8. The second-order valence-electron chi connectivity index (χ2n) is 5.92. The molecule has 1 N–H and O–H groups in total. The summed E-state index contributed by atoms with van der Waals surface area (Å²) in [4.78, 5) is 21.8. The van der Waals surface area contributed by atoms with Crippen LogP contribution in [0, 0.1) is 17.0 Å². The second kappa shape index (κ2) is 7.59. The molecule has 6 nitrogen and oxygen atoms in total. The lowest BCUT2D eigenvalue weighted by Crippen LogP contribution is -2.32. The summed E-state index contributed by atoms with van der Waals surface area (Å²) < 4.78 is 5.11. The molecule has 0 heterocycles. The van der Waals surface area contributed by atoms with Crippen molar-refractivity contribution in [2.75, 3.05) is 6.54 Å². The van der Waals surface area contributed by atoms with Gasteiger partial charge in [-0.3, -0.25) is 10.1 Å². The number of rotatable bonds is 5. The number of nitrogens with zero attached hydrogens (tertiary/aromatic N) is 1. The van der Waals surface area contributed by atoms with Crippen LogP contribution in [-0.4, -0.2) is 23.2 Å². The van der Waals surface area contributed by atoms with E-state index in [0.717, 1.165) is 11.1 Å². The molecule has 0 bridgehead atoms. The number of benzene rings is 1. The summed E-state index contributed by atoms with van der Waals surface area (Å²) in [5.74, 6) is 0. The molecule has 0 saturated carbocycles. The number of alkyl carbamates (subject to hydrolysis) is 1. The fourth-order valence-electron chi connectivity index (χ4n) is 1.70. The van der Waals surface area contributed by atoms with Crippen molar-refractivity contribution in [3.05, 3.63) is 45.5 Å². The molecule has 0 fully saturated rings. The normalized spacial score (nSPS) is 11.5. The first-order chi connectivity index (χ1) is 10.2. The molecule has 1 aromatic carbocycles. The third-order valence-electron chi connectivity index (χ3n) is 2.75. The molecular weight excluding hydrogens is 284 g/mol. The summed E-state index contributed by atoms with van der Waals surface area (Å²) in [7, 11) is 0. The number of ether oxygens (including phenoxy) is 1. The fraction of sp³-hybridized carbons (Fsp3) is 0.438. The van der Waals surface area contributed by atoms with E-state index in [1.54, 1.807) is 26.8 Å². The van der Waals surface area contributed by atoms with E-state index in [1.165, 1.54) is 12.1 Å². The zero-order valence-corrected chi connectivity index (χ0v) is 13.4. The molecular formula is C16H22N2O4. The molecule has 0 aromatic heterocycles. The Labute approximate surface area is 130 Å². The predicted molar refractivity (Wildman–Crippen MR) is 85.7 cm³/mol. The molecule has 1 rings (SSSR count). The smallest absolute Gasteiger partial charge is 0.407 e. The van der Waals surface area contributed by atoms with Gasteiger partial charge in [0.1, 0.15) is 5.60 Å². The molecule has 0 aliphatic heterocycles. The van der Waals surface area contributed by atoms with E-state index in [-0.39, 0.29) is 5.69 Å². The molecule has 0 atom stereocenters. The minimum Gasteiger partial charge on any atom is -0.444 e. The number of hydrogen-bond acceptors (Lipinski definition) is 4. The first-order valence-electron chi connectivity index (χ1n) is 7.07. The Bertz CT molecular complexity index is 574. The number of amides is 1. The van der Waals surface area contributed by atoms with Crippen molar-refractivity contribution in [1.29, 1.82) is 0 Å². The second-order valence-corrected chi connectivity index (χ2v) is 5.92. The molecule has 1 amide bonds. The van der Waals surface area contributed by atoms with Gasteiger partial charge >= 0.3 is 6.09 Å². The summed E-state index contributed by atoms with van der Waals surface area (Å²) >= 11 is 0. The van der Waals surface area contributed by atoms with Crippen molar-refractivity contribution in [3.63, 3.8) is 0 Å². The minimum absolute atomic E-state index is 0.0668. The van der Waals surface area contributed by atoms with Crippen LogP contribution in [0.3, 0.4) is 0 Å². The van der Waals surface area contributed by atoms with Gasteiger partial charge in [-0.2, -0.15) is 0 Å². The van der Waals surface area contributed by atoms with Crippen LogP contribution >= 0.6 is 0 Å². The van der Waals surface area contributed by atoms with Crippen LogP contribution in [0.15, 0.2) is 24.3 Å². The molecule has 0 spiro atoms. The Morgan fingerprint density at radius 1 is 1.41 bits per heavy atom. The highest BCUT2D eigenvalue weighted by Crippen LogP contribution is 2.18. The molecule has 1 aromatic rings. The fourth-order valence-corrected chi connectivity index (χ4v) is 1.70. The average molecular weight is 306 g/mol. The molecule has 0 aliphatic rings.